The van der Waals surface area contributed by atoms with Crippen molar-refractivity contribution in [2.75, 3.05) is 14.2 Å². The molecular weight excluding hydrogens is 427 g/mol. The molecule has 0 atom stereocenters. The molecule has 0 spiro atoms. The third-order valence-electron chi connectivity index (χ3n) is 5.50. The van der Waals surface area contributed by atoms with Gasteiger partial charge < -0.3 is 9.47 Å². The van der Waals surface area contributed by atoms with E-state index in [-0.39, 0.29) is 12.4 Å². The van der Waals surface area contributed by atoms with Gasteiger partial charge in [-0.15, -0.1) is 0 Å². The lowest BCUT2D eigenvalue weighted by Gasteiger charge is -2.12. The molecule has 0 unspecified atom stereocenters. The van der Waals surface area contributed by atoms with E-state index in [0.29, 0.717) is 10.6 Å². The molecule has 4 rings (SSSR count). The predicted molar refractivity (Wildman–Crippen MR) is 126 cm³/mol. The lowest BCUT2D eigenvalue weighted by atomic mass is 9.99. The Morgan fingerprint density at radius 3 is 1.97 bits per heavy atom. The van der Waals surface area contributed by atoms with E-state index in [4.69, 9.17) is 26.2 Å². The molecule has 32 heavy (non-hydrogen) atoms. The van der Waals surface area contributed by atoms with Crippen molar-refractivity contribution in [3.8, 4) is 34.0 Å². The normalized spacial score (nSPS) is 10.9. The summed E-state index contributed by atoms with van der Waals surface area (Å²) in [5.74, 6) is 1.20. The average molecular weight is 451 g/mol. The van der Waals surface area contributed by atoms with E-state index in [9.17, 15) is 4.39 Å². The summed E-state index contributed by atoms with van der Waals surface area (Å²) in [4.78, 5) is 0. The molecule has 4 nitrogen and oxygen atoms in total. The molecule has 0 aliphatic rings. The van der Waals surface area contributed by atoms with Crippen molar-refractivity contribution in [1.82, 2.24) is 9.78 Å². The maximum Gasteiger partial charge on any atom is 0.129 e. The molecule has 0 amide bonds. The summed E-state index contributed by atoms with van der Waals surface area (Å²) < 4.78 is 27.1. The van der Waals surface area contributed by atoms with Gasteiger partial charge in [-0.1, -0.05) is 24.6 Å². The molecule has 0 saturated carbocycles. The molecule has 0 aliphatic carbocycles. The fraction of sp³-hybridized carbons (Fsp3) is 0.192. The zero-order valence-corrected chi connectivity index (χ0v) is 19.0. The van der Waals surface area contributed by atoms with Crippen LogP contribution in [-0.4, -0.2) is 24.0 Å². The van der Waals surface area contributed by atoms with Gasteiger partial charge in [0.25, 0.3) is 0 Å². The fourth-order valence-corrected chi connectivity index (χ4v) is 4.06. The van der Waals surface area contributed by atoms with Crippen molar-refractivity contribution in [3.05, 3.63) is 88.7 Å². The number of nitrogens with zero attached hydrogens (tertiary/aromatic N) is 2. The highest BCUT2D eigenvalue weighted by Gasteiger charge is 2.21. The Balaban J connectivity index is 1.90. The third kappa shape index (κ3) is 4.21. The second-order valence-corrected chi connectivity index (χ2v) is 7.75. The van der Waals surface area contributed by atoms with Crippen LogP contribution in [0.5, 0.6) is 11.5 Å². The van der Waals surface area contributed by atoms with Crippen molar-refractivity contribution in [3.63, 3.8) is 0 Å². The van der Waals surface area contributed by atoms with Crippen LogP contribution >= 0.6 is 11.6 Å². The van der Waals surface area contributed by atoms with E-state index in [2.05, 4.69) is 6.92 Å². The molecule has 6 heteroatoms. The van der Waals surface area contributed by atoms with Crippen LogP contribution < -0.4 is 9.47 Å². The topological polar surface area (TPSA) is 36.3 Å². The van der Waals surface area contributed by atoms with Gasteiger partial charge in [0, 0.05) is 27.3 Å². The summed E-state index contributed by atoms with van der Waals surface area (Å²) in [7, 11) is 3.28. The molecular formula is C26H24ClFN2O2. The molecule has 0 aliphatic heterocycles. The van der Waals surface area contributed by atoms with Crippen molar-refractivity contribution in [2.45, 2.75) is 19.9 Å². The first-order valence-electron chi connectivity index (χ1n) is 10.4. The van der Waals surface area contributed by atoms with Crippen LogP contribution in [0.1, 0.15) is 18.1 Å². The van der Waals surface area contributed by atoms with Gasteiger partial charge in [-0.2, -0.15) is 5.10 Å². The van der Waals surface area contributed by atoms with Gasteiger partial charge in [-0.3, -0.25) is 4.68 Å². The number of halogens is 2. The summed E-state index contributed by atoms with van der Waals surface area (Å²) in [5.41, 5.74) is 5.22. The number of ether oxygens (including phenoxy) is 2. The van der Waals surface area contributed by atoms with Crippen molar-refractivity contribution < 1.29 is 13.9 Å². The highest BCUT2D eigenvalue weighted by Crippen LogP contribution is 2.35. The Kier molecular flexibility index (Phi) is 6.47. The zero-order valence-electron chi connectivity index (χ0n) is 18.2. The molecule has 0 radical (unpaired) electrons. The fourth-order valence-electron chi connectivity index (χ4n) is 3.83. The molecule has 0 fully saturated rings. The second kappa shape index (κ2) is 9.45. The Bertz CT molecular complexity index is 1200. The molecule has 1 heterocycles. The third-order valence-corrected chi connectivity index (χ3v) is 5.85. The van der Waals surface area contributed by atoms with Crippen LogP contribution in [0, 0.1) is 5.82 Å². The number of aromatic nitrogens is 2. The summed E-state index contributed by atoms with van der Waals surface area (Å²) >= 11 is 6.34. The van der Waals surface area contributed by atoms with E-state index >= 15 is 0 Å². The van der Waals surface area contributed by atoms with Gasteiger partial charge in [-0.25, -0.2) is 4.39 Å². The van der Waals surface area contributed by atoms with Crippen LogP contribution in [0.2, 0.25) is 5.02 Å². The summed E-state index contributed by atoms with van der Waals surface area (Å²) in [6.07, 6.45) is 0.758. The van der Waals surface area contributed by atoms with E-state index in [0.717, 1.165) is 46.0 Å². The second-order valence-electron chi connectivity index (χ2n) is 7.34. The minimum atomic E-state index is -0.349. The summed E-state index contributed by atoms with van der Waals surface area (Å²) in [6, 6.07) is 20.3. The lowest BCUT2D eigenvalue weighted by molar-refractivity contribution is 0.414. The smallest absolute Gasteiger partial charge is 0.129 e. The minimum absolute atomic E-state index is 0.218. The van der Waals surface area contributed by atoms with Crippen LogP contribution in [0.3, 0.4) is 0 Å². The Morgan fingerprint density at radius 2 is 1.44 bits per heavy atom. The number of rotatable bonds is 7. The maximum atomic E-state index is 14.6. The van der Waals surface area contributed by atoms with Crippen molar-refractivity contribution in [1.29, 1.82) is 0 Å². The molecule has 1 aromatic heterocycles. The van der Waals surface area contributed by atoms with Crippen LogP contribution in [0.15, 0.2) is 66.7 Å². The summed E-state index contributed by atoms with van der Waals surface area (Å²) in [6.45, 7) is 2.31. The molecule has 164 valence electrons. The van der Waals surface area contributed by atoms with E-state index < -0.39 is 0 Å². The van der Waals surface area contributed by atoms with Gasteiger partial charge >= 0.3 is 0 Å². The molecule has 0 bridgehead atoms. The lowest BCUT2D eigenvalue weighted by Crippen LogP contribution is -2.07. The number of methoxy groups -OCH3 is 2. The minimum Gasteiger partial charge on any atom is -0.497 e. The molecule has 0 N–H and O–H groups in total. The van der Waals surface area contributed by atoms with Gasteiger partial charge in [0.1, 0.15) is 17.3 Å². The Morgan fingerprint density at radius 1 is 0.844 bits per heavy atom. The molecule has 0 saturated heterocycles. The number of benzene rings is 3. The molecule has 3 aromatic carbocycles. The van der Waals surface area contributed by atoms with Crippen LogP contribution in [0.25, 0.3) is 22.5 Å². The largest absolute Gasteiger partial charge is 0.497 e. The SMILES string of the molecule is CCc1c(-c2ccc(OC)cc2)nn(Cc2c(F)cccc2Cl)c1-c1ccc(OC)cc1. The van der Waals surface area contributed by atoms with Crippen molar-refractivity contribution >= 4 is 11.6 Å². The van der Waals surface area contributed by atoms with E-state index in [1.54, 1.807) is 26.4 Å². The quantitative estimate of drug-likeness (QED) is 0.316. The average Bonchev–Trinajstić information content (AvgIpc) is 3.19. The highest BCUT2D eigenvalue weighted by atomic mass is 35.5. The summed E-state index contributed by atoms with van der Waals surface area (Å²) in [5, 5.41) is 5.30. The number of hydrogen-bond acceptors (Lipinski definition) is 3. The first kappa shape index (κ1) is 21.9. The van der Waals surface area contributed by atoms with Gasteiger partial charge in [-0.05, 0) is 67.1 Å². The number of hydrogen-bond donors (Lipinski definition) is 0. The standard InChI is InChI=1S/C26H24ClFN2O2/c1-4-21-25(17-8-12-19(31-2)13-9-17)29-30(16-22-23(27)6-5-7-24(22)28)26(21)18-10-14-20(32-3)15-11-18/h5-15H,4,16H2,1-3H3. The maximum absolute atomic E-state index is 14.6. The first-order chi connectivity index (χ1) is 15.5. The van der Waals surface area contributed by atoms with Gasteiger partial charge in [0.05, 0.1) is 32.2 Å². The van der Waals surface area contributed by atoms with Gasteiger partial charge in [0.2, 0.25) is 0 Å². The van der Waals surface area contributed by atoms with Crippen molar-refractivity contribution in [2.24, 2.45) is 0 Å². The monoisotopic (exact) mass is 450 g/mol. The van der Waals surface area contributed by atoms with Crippen LogP contribution in [-0.2, 0) is 13.0 Å². The zero-order chi connectivity index (χ0) is 22.7. The predicted octanol–water partition coefficient (Wildman–Crippen LogP) is 6.64. The molecule has 4 aromatic rings. The van der Waals surface area contributed by atoms with Crippen LogP contribution in [0.4, 0.5) is 4.39 Å². The Labute approximate surface area is 192 Å². The highest BCUT2D eigenvalue weighted by molar-refractivity contribution is 6.31. The van der Waals surface area contributed by atoms with Gasteiger partial charge in [0.15, 0.2) is 0 Å². The Hall–Kier alpha value is -3.31. The first-order valence-corrected chi connectivity index (χ1v) is 10.7. The van der Waals surface area contributed by atoms with E-state index in [1.165, 1.54) is 6.07 Å². The van der Waals surface area contributed by atoms with E-state index in [1.807, 2.05) is 53.2 Å².